The largest absolute Gasteiger partial charge is 0.391 e. The zero-order valence-electron chi connectivity index (χ0n) is 16.2. The van der Waals surface area contributed by atoms with Crippen molar-refractivity contribution >= 4 is 5.91 Å². The van der Waals surface area contributed by atoms with Gasteiger partial charge in [0, 0.05) is 24.7 Å². The van der Waals surface area contributed by atoms with Crippen LogP contribution in [0.1, 0.15) is 38.3 Å². The first-order valence-electron chi connectivity index (χ1n) is 9.05. The molecule has 1 amide bonds. The number of nitrogens with one attached hydrogen (secondary N) is 2. The van der Waals surface area contributed by atoms with Crippen LogP contribution in [0.15, 0.2) is 30.5 Å². The molecule has 0 aliphatic rings. The zero-order chi connectivity index (χ0) is 19.9. The van der Waals surface area contributed by atoms with Gasteiger partial charge in [-0.25, -0.2) is 4.39 Å². The van der Waals surface area contributed by atoms with Crippen LogP contribution in [0.3, 0.4) is 0 Å². The molecule has 0 saturated carbocycles. The maximum absolute atomic E-state index is 13.5. The number of halogens is 1. The fraction of sp³-hybridized carbons (Fsp3) is 0.550. The molecule has 0 heterocycles. The van der Waals surface area contributed by atoms with Gasteiger partial charge in [-0.3, -0.25) is 4.79 Å². The van der Waals surface area contributed by atoms with Gasteiger partial charge in [-0.05, 0) is 49.4 Å². The number of hydrogen-bond donors (Lipinski definition) is 4. The highest BCUT2D eigenvalue weighted by molar-refractivity contribution is 5.82. The Kier molecular flexibility index (Phi) is 8.75. The summed E-state index contributed by atoms with van der Waals surface area (Å²) in [6, 6.07) is 3.75. The smallest absolute Gasteiger partial charge is 0.242 e. The monoisotopic (exact) mass is 365 g/mol. The van der Waals surface area contributed by atoms with Crippen molar-refractivity contribution in [1.29, 1.82) is 0 Å². The number of aryl methyl sites for hydroxylation is 1. The van der Waals surface area contributed by atoms with E-state index >= 15 is 0 Å². The molecule has 0 aromatic heterocycles. The second kappa shape index (κ2) is 10.3. The van der Waals surface area contributed by atoms with E-state index in [0.29, 0.717) is 18.7 Å². The maximum atomic E-state index is 13.5. The normalized spacial score (nSPS) is 14.6. The summed E-state index contributed by atoms with van der Waals surface area (Å²) in [4.78, 5) is 12.1. The highest BCUT2D eigenvalue weighted by Gasteiger charge is 2.23. The number of carbonyl (C=O) groups is 1. The molecule has 0 radical (unpaired) electrons. The zero-order valence-corrected chi connectivity index (χ0v) is 16.2. The number of benzene rings is 1. The van der Waals surface area contributed by atoms with Crippen LogP contribution in [-0.2, 0) is 11.2 Å². The van der Waals surface area contributed by atoms with Gasteiger partial charge in [0.05, 0.1) is 6.10 Å². The van der Waals surface area contributed by atoms with Gasteiger partial charge in [-0.2, -0.15) is 0 Å². The lowest BCUT2D eigenvalue weighted by atomic mass is 9.97. The predicted octanol–water partition coefficient (Wildman–Crippen LogP) is 2.02. The van der Waals surface area contributed by atoms with Crippen molar-refractivity contribution in [2.75, 3.05) is 6.54 Å². The Morgan fingerprint density at radius 3 is 2.54 bits per heavy atom. The van der Waals surface area contributed by atoms with E-state index in [9.17, 15) is 14.3 Å². The van der Waals surface area contributed by atoms with E-state index < -0.39 is 18.2 Å². The fourth-order valence-corrected chi connectivity index (χ4v) is 2.84. The maximum Gasteiger partial charge on any atom is 0.242 e. The molecule has 5 nitrogen and oxygen atoms in total. The molecule has 26 heavy (non-hydrogen) atoms. The Balaban J connectivity index is 2.62. The number of carbonyl (C=O) groups excluding carboxylic acids is 1. The van der Waals surface area contributed by atoms with E-state index in [1.165, 1.54) is 12.1 Å². The molecule has 0 saturated heterocycles. The molecule has 1 aromatic rings. The minimum atomic E-state index is -0.847. The van der Waals surface area contributed by atoms with Crippen LogP contribution < -0.4 is 16.4 Å². The standard InChI is InChI=1S/C20H32FN3O2/c1-6-23-20(26)19(12(2)3)24-14(5)9-18(25)17(22)11-15-7-13(4)8-16(21)10-15/h7-8,10,12,17-19,24-25H,5-6,9,11,22H2,1-4H3,(H,23,26)/t17-,18-,19-/m0/s1. The van der Waals surface area contributed by atoms with Gasteiger partial charge in [0.15, 0.2) is 0 Å². The third-order valence-corrected chi connectivity index (χ3v) is 4.18. The molecule has 6 heteroatoms. The van der Waals surface area contributed by atoms with Gasteiger partial charge in [0.25, 0.3) is 0 Å². The van der Waals surface area contributed by atoms with E-state index in [-0.39, 0.29) is 24.1 Å². The van der Waals surface area contributed by atoms with Gasteiger partial charge >= 0.3 is 0 Å². The van der Waals surface area contributed by atoms with Crippen molar-refractivity contribution < 1.29 is 14.3 Å². The number of aliphatic hydroxyl groups is 1. The molecular formula is C20H32FN3O2. The van der Waals surface area contributed by atoms with Gasteiger partial charge in [0.1, 0.15) is 11.9 Å². The second-order valence-electron chi connectivity index (χ2n) is 7.14. The Labute approximate surface area is 155 Å². The van der Waals surface area contributed by atoms with Gasteiger partial charge < -0.3 is 21.5 Å². The molecule has 0 aliphatic carbocycles. The third kappa shape index (κ3) is 7.14. The first-order chi connectivity index (χ1) is 12.1. The molecule has 0 spiro atoms. The molecule has 5 N–H and O–H groups in total. The van der Waals surface area contributed by atoms with Gasteiger partial charge in [0.2, 0.25) is 5.91 Å². The highest BCUT2D eigenvalue weighted by Crippen LogP contribution is 2.14. The van der Waals surface area contributed by atoms with Crippen LogP contribution in [0.2, 0.25) is 0 Å². The van der Waals surface area contributed by atoms with Crippen LogP contribution in [0.25, 0.3) is 0 Å². The number of rotatable bonds is 10. The molecule has 146 valence electrons. The molecule has 0 bridgehead atoms. The minimum Gasteiger partial charge on any atom is -0.391 e. The second-order valence-corrected chi connectivity index (χ2v) is 7.14. The summed E-state index contributed by atoms with van der Waals surface area (Å²) in [6.07, 6.45) is -0.268. The minimum absolute atomic E-state index is 0.0689. The summed E-state index contributed by atoms with van der Waals surface area (Å²) in [5.41, 5.74) is 8.18. The van der Waals surface area contributed by atoms with Crippen molar-refractivity contribution in [2.45, 2.75) is 58.7 Å². The molecule has 0 fully saturated rings. The van der Waals surface area contributed by atoms with Crippen molar-refractivity contribution in [2.24, 2.45) is 11.7 Å². The number of likely N-dealkylation sites (N-methyl/N-ethyl adjacent to an activating group) is 1. The van der Waals surface area contributed by atoms with E-state index in [0.717, 1.165) is 11.1 Å². The van der Waals surface area contributed by atoms with Crippen molar-refractivity contribution in [3.8, 4) is 0 Å². The summed E-state index contributed by atoms with van der Waals surface area (Å²) in [5, 5.41) is 16.2. The summed E-state index contributed by atoms with van der Waals surface area (Å²) in [6.45, 7) is 12.0. The van der Waals surface area contributed by atoms with Crippen molar-refractivity contribution in [3.05, 3.63) is 47.4 Å². The Morgan fingerprint density at radius 2 is 2.00 bits per heavy atom. The van der Waals surface area contributed by atoms with E-state index in [1.807, 2.05) is 33.8 Å². The quantitative estimate of drug-likeness (QED) is 0.511. The Bertz CT molecular complexity index is 599. The molecule has 0 unspecified atom stereocenters. The predicted molar refractivity (Wildman–Crippen MR) is 103 cm³/mol. The molecule has 1 aromatic carbocycles. The number of hydrogen-bond acceptors (Lipinski definition) is 4. The van der Waals surface area contributed by atoms with E-state index in [4.69, 9.17) is 5.73 Å². The topological polar surface area (TPSA) is 87.4 Å². The van der Waals surface area contributed by atoms with Crippen LogP contribution in [-0.4, -0.2) is 35.7 Å². The van der Waals surface area contributed by atoms with Crippen molar-refractivity contribution in [1.82, 2.24) is 10.6 Å². The summed E-state index contributed by atoms with van der Waals surface area (Å²) < 4.78 is 13.5. The molecule has 0 aliphatic heterocycles. The van der Waals surface area contributed by atoms with Crippen LogP contribution >= 0.6 is 0 Å². The third-order valence-electron chi connectivity index (χ3n) is 4.18. The number of nitrogens with two attached hydrogens (primary N) is 1. The summed E-state index contributed by atoms with van der Waals surface area (Å²) in [5.74, 6) is -0.341. The summed E-state index contributed by atoms with van der Waals surface area (Å²) in [7, 11) is 0. The molecule has 1 rings (SSSR count). The first-order valence-corrected chi connectivity index (χ1v) is 9.05. The highest BCUT2D eigenvalue weighted by atomic mass is 19.1. The Morgan fingerprint density at radius 1 is 1.35 bits per heavy atom. The molecular weight excluding hydrogens is 333 g/mol. The van der Waals surface area contributed by atoms with Crippen molar-refractivity contribution in [3.63, 3.8) is 0 Å². The molecule has 3 atom stereocenters. The van der Waals surface area contributed by atoms with Gasteiger partial charge in [-0.15, -0.1) is 0 Å². The number of aliphatic hydroxyl groups excluding tert-OH is 1. The van der Waals surface area contributed by atoms with Crippen LogP contribution in [0.5, 0.6) is 0 Å². The average Bonchev–Trinajstić information content (AvgIpc) is 2.51. The fourth-order valence-electron chi connectivity index (χ4n) is 2.84. The first kappa shape index (κ1) is 22.1. The van der Waals surface area contributed by atoms with E-state index in [2.05, 4.69) is 17.2 Å². The average molecular weight is 365 g/mol. The summed E-state index contributed by atoms with van der Waals surface area (Å²) >= 11 is 0. The SMILES string of the molecule is C=C(C[C@H](O)[C@@H](N)Cc1cc(C)cc(F)c1)N[C@H](C(=O)NCC)C(C)C. The lowest BCUT2D eigenvalue weighted by Gasteiger charge is -2.26. The Hall–Kier alpha value is -1.92. The lowest BCUT2D eigenvalue weighted by Crippen LogP contribution is -2.47. The van der Waals surface area contributed by atoms with Crippen LogP contribution in [0, 0.1) is 18.7 Å². The lowest BCUT2D eigenvalue weighted by molar-refractivity contribution is -0.123. The van der Waals surface area contributed by atoms with E-state index in [1.54, 1.807) is 0 Å². The van der Waals surface area contributed by atoms with Gasteiger partial charge in [-0.1, -0.05) is 26.5 Å². The van der Waals surface area contributed by atoms with Crippen LogP contribution in [0.4, 0.5) is 4.39 Å². The number of amides is 1.